The Morgan fingerprint density at radius 3 is 2.82 bits per heavy atom. The Hall–Kier alpha value is -1.05. The molecule has 4 heteroatoms. The number of rotatable bonds is 6. The topological polar surface area (TPSA) is 36.3 Å². The van der Waals surface area contributed by atoms with Crippen LogP contribution in [-0.2, 0) is 6.42 Å². The molecule has 0 aromatic heterocycles. The van der Waals surface area contributed by atoms with Gasteiger partial charge in [-0.2, -0.15) is 5.26 Å². The summed E-state index contributed by atoms with van der Waals surface area (Å²) in [5.74, 6) is 0.831. The zero-order valence-corrected chi connectivity index (χ0v) is 11.8. The molecule has 0 fully saturated rings. The van der Waals surface area contributed by atoms with Crippen LogP contribution in [0.2, 0.25) is 0 Å². The summed E-state index contributed by atoms with van der Waals surface area (Å²) in [5.41, 5.74) is 0.970. The first kappa shape index (κ1) is 14.0. The maximum atomic E-state index is 8.69. The molecule has 1 aromatic rings. The Labute approximate surface area is 111 Å². The van der Waals surface area contributed by atoms with Crippen LogP contribution in [0.4, 0.5) is 0 Å². The molecule has 92 valence electrons. The largest absolute Gasteiger partial charge is 0.494 e. The van der Waals surface area contributed by atoms with E-state index in [0.717, 1.165) is 28.8 Å². The second-order valence-electron chi connectivity index (χ2n) is 4.09. The van der Waals surface area contributed by atoms with Gasteiger partial charge in [0.1, 0.15) is 5.75 Å². The van der Waals surface area contributed by atoms with Crippen LogP contribution in [0.5, 0.6) is 5.75 Å². The van der Waals surface area contributed by atoms with Gasteiger partial charge in [-0.1, -0.05) is 15.9 Å². The number of hydrogen-bond donors (Lipinski definition) is 0. The van der Waals surface area contributed by atoms with Crippen LogP contribution in [0.3, 0.4) is 0 Å². The normalized spacial score (nSPS) is 10.3. The molecule has 0 saturated carbocycles. The number of halogens is 1. The van der Waals surface area contributed by atoms with Crippen molar-refractivity contribution in [3.05, 3.63) is 28.2 Å². The molecule has 0 heterocycles. The molecule has 0 N–H and O–H groups in total. The van der Waals surface area contributed by atoms with Gasteiger partial charge in [0.2, 0.25) is 0 Å². The van der Waals surface area contributed by atoms with E-state index < -0.39 is 0 Å². The van der Waals surface area contributed by atoms with Crippen molar-refractivity contribution in [1.82, 2.24) is 4.90 Å². The maximum absolute atomic E-state index is 8.69. The van der Waals surface area contributed by atoms with E-state index in [4.69, 9.17) is 10.00 Å². The lowest BCUT2D eigenvalue weighted by Crippen LogP contribution is -2.15. The molecule has 0 spiro atoms. The molecule has 0 aliphatic carbocycles. The van der Waals surface area contributed by atoms with Crippen LogP contribution in [0, 0.1) is 11.3 Å². The zero-order valence-electron chi connectivity index (χ0n) is 10.2. The fourth-order valence-corrected chi connectivity index (χ4v) is 1.82. The molecular weight excluding hydrogens is 280 g/mol. The monoisotopic (exact) mass is 296 g/mol. The van der Waals surface area contributed by atoms with E-state index in [1.807, 2.05) is 32.3 Å². The second-order valence-corrected chi connectivity index (χ2v) is 4.95. The fourth-order valence-electron chi connectivity index (χ4n) is 1.43. The summed E-state index contributed by atoms with van der Waals surface area (Å²) in [4.78, 5) is 2.13. The summed E-state index contributed by atoms with van der Waals surface area (Å²) >= 11 is 3.42. The van der Waals surface area contributed by atoms with Crippen molar-refractivity contribution in [2.24, 2.45) is 0 Å². The standard InChI is InChI=1S/C13H17BrN2O/c1-16(2)8-3-9-17-12-4-5-13(14)11(10-12)6-7-15/h4-5,10H,3,6,8-9H2,1-2H3. The zero-order chi connectivity index (χ0) is 12.7. The molecule has 0 aliphatic rings. The molecule has 1 rings (SSSR count). The smallest absolute Gasteiger partial charge is 0.119 e. The van der Waals surface area contributed by atoms with Crippen molar-refractivity contribution in [3.63, 3.8) is 0 Å². The van der Waals surface area contributed by atoms with E-state index in [-0.39, 0.29) is 0 Å². The van der Waals surface area contributed by atoms with Crippen LogP contribution >= 0.6 is 15.9 Å². The number of benzene rings is 1. The Morgan fingerprint density at radius 2 is 2.18 bits per heavy atom. The number of ether oxygens (including phenoxy) is 1. The third-order valence-corrected chi connectivity index (χ3v) is 3.08. The molecule has 0 aliphatic heterocycles. The summed E-state index contributed by atoms with van der Waals surface area (Å²) in [5, 5.41) is 8.69. The molecule has 17 heavy (non-hydrogen) atoms. The number of hydrogen-bond acceptors (Lipinski definition) is 3. The lowest BCUT2D eigenvalue weighted by molar-refractivity contribution is 0.281. The van der Waals surface area contributed by atoms with Gasteiger partial charge < -0.3 is 9.64 Å². The molecule has 0 atom stereocenters. The van der Waals surface area contributed by atoms with E-state index in [2.05, 4.69) is 26.9 Å². The number of nitrogens with zero attached hydrogens (tertiary/aromatic N) is 2. The average molecular weight is 297 g/mol. The highest BCUT2D eigenvalue weighted by Crippen LogP contribution is 2.23. The lowest BCUT2D eigenvalue weighted by atomic mass is 10.1. The van der Waals surface area contributed by atoms with Crippen molar-refractivity contribution in [1.29, 1.82) is 5.26 Å². The Morgan fingerprint density at radius 1 is 1.41 bits per heavy atom. The minimum atomic E-state index is 0.398. The van der Waals surface area contributed by atoms with Gasteiger partial charge in [-0.15, -0.1) is 0 Å². The second kappa shape index (κ2) is 7.31. The van der Waals surface area contributed by atoms with Gasteiger partial charge in [-0.3, -0.25) is 0 Å². The average Bonchev–Trinajstić information content (AvgIpc) is 2.28. The molecule has 0 unspecified atom stereocenters. The fraction of sp³-hybridized carbons (Fsp3) is 0.462. The Balaban J connectivity index is 2.49. The van der Waals surface area contributed by atoms with Gasteiger partial charge in [-0.05, 0) is 44.3 Å². The third-order valence-electron chi connectivity index (χ3n) is 2.31. The van der Waals surface area contributed by atoms with Gasteiger partial charge >= 0.3 is 0 Å². The maximum Gasteiger partial charge on any atom is 0.119 e. The van der Waals surface area contributed by atoms with Gasteiger partial charge in [0.15, 0.2) is 0 Å². The molecule has 1 aromatic carbocycles. The Bertz CT molecular complexity index is 399. The minimum absolute atomic E-state index is 0.398. The predicted octanol–water partition coefficient (Wildman–Crippen LogP) is 2.85. The van der Waals surface area contributed by atoms with E-state index in [0.29, 0.717) is 13.0 Å². The first-order valence-corrected chi connectivity index (χ1v) is 6.35. The van der Waals surface area contributed by atoms with Crippen LogP contribution in [0.15, 0.2) is 22.7 Å². The van der Waals surface area contributed by atoms with Crippen LogP contribution in [0.1, 0.15) is 12.0 Å². The predicted molar refractivity (Wildman–Crippen MR) is 72.1 cm³/mol. The highest BCUT2D eigenvalue weighted by Gasteiger charge is 2.02. The summed E-state index contributed by atoms with van der Waals surface area (Å²) in [7, 11) is 4.09. The van der Waals surface area contributed by atoms with E-state index in [9.17, 15) is 0 Å². The van der Waals surface area contributed by atoms with Gasteiger partial charge in [-0.25, -0.2) is 0 Å². The molecule has 0 amide bonds. The highest BCUT2D eigenvalue weighted by atomic mass is 79.9. The van der Waals surface area contributed by atoms with Crippen molar-refractivity contribution < 1.29 is 4.74 Å². The first-order valence-electron chi connectivity index (χ1n) is 5.56. The summed E-state index contributed by atoms with van der Waals surface area (Å²) in [6.07, 6.45) is 1.39. The van der Waals surface area contributed by atoms with Gasteiger partial charge in [0.05, 0.1) is 19.1 Å². The quantitative estimate of drug-likeness (QED) is 0.758. The van der Waals surface area contributed by atoms with Crippen molar-refractivity contribution in [3.8, 4) is 11.8 Å². The Kier molecular flexibility index (Phi) is 6.03. The summed E-state index contributed by atoms with van der Waals surface area (Å²) in [6, 6.07) is 7.90. The van der Waals surface area contributed by atoms with Crippen molar-refractivity contribution >= 4 is 15.9 Å². The van der Waals surface area contributed by atoms with E-state index in [1.54, 1.807) is 0 Å². The van der Waals surface area contributed by atoms with E-state index >= 15 is 0 Å². The summed E-state index contributed by atoms with van der Waals surface area (Å²) in [6.45, 7) is 1.72. The molecule has 0 radical (unpaired) electrons. The summed E-state index contributed by atoms with van der Waals surface area (Å²) < 4.78 is 6.60. The molecular formula is C13H17BrN2O. The number of nitriles is 1. The van der Waals surface area contributed by atoms with E-state index in [1.165, 1.54) is 0 Å². The van der Waals surface area contributed by atoms with Gasteiger partial charge in [0.25, 0.3) is 0 Å². The van der Waals surface area contributed by atoms with Gasteiger partial charge in [0, 0.05) is 11.0 Å². The van der Waals surface area contributed by atoms with Crippen molar-refractivity contribution in [2.45, 2.75) is 12.8 Å². The third kappa shape index (κ3) is 5.20. The SMILES string of the molecule is CN(C)CCCOc1ccc(Br)c(CC#N)c1. The van der Waals surface area contributed by atoms with Crippen LogP contribution < -0.4 is 4.74 Å². The van der Waals surface area contributed by atoms with Crippen molar-refractivity contribution in [2.75, 3.05) is 27.2 Å². The lowest BCUT2D eigenvalue weighted by Gasteiger charge is -2.11. The van der Waals surface area contributed by atoms with Crippen LogP contribution in [0.25, 0.3) is 0 Å². The highest BCUT2D eigenvalue weighted by molar-refractivity contribution is 9.10. The van der Waals surface area contributed by atoms with Crippen LogP contribution in [-0.4, -0.2) is 32.1 Å². The minimum Gasteiger partial charge on any atom is -0.494 e. The molecule has 0 bridgehead atoms. The first-order chi connectivity index (χ1) is 8.13. The molecule has 0 saturated heterocycles. The molecule has 3 nitrogen and oxygen atoms in total.